The number of hydrogen-bond donors (Lipinski definition) is 2. The average molecular weight is 198 g/mol. The minimum atomic E-state index is -0.0206. The SMILES string of the molecule is CC1(C)Nc2ccccc2-c2cc[nH]c21. The smallest absolute Gasteiger partial charge is 0.0723 e. The number of nitrogens with one attached hydrogen (secondary N) is 2. The molecule has 2 heterocycles. The Balaban J connectivity index is 2.32. The number of aromatic amines is 1. The summed E-state index contributed by atoms with van der Waals surface area (Å²) in [5, 5.41) is 3.55. The van der Waals surface area contributed by atoms with Gasteiger partial charge in [-0.15, -0.1) is 0 Å². The molecule has 2 N–H and O–H groups in total. The fourth-order valence-electron chi connectivity index (χ4n) is 2.34. The molecule has 0 atom stereocenters. The zero-order chi connectivity index (χ0) is 10.5. The second-order valence-corrected chi connectivity index (χ2v) is 4.56. The van der Waals surface area contributed by atoms with Crippen LogP contribution in [0.25, 0.3) is 11.1 Å². The lowest BCUT2D eigenvalue weighted by Gasteiger charge is -2.33. The lowest BCUT2D eigenvalue weighted by atomic mass is 9.88. The molecule has 0 amide bonds. The van der Waals surface area contributed by atoms with Crippen LogP contribution in [0.1, 0.15) is 19.5 Å². The van der Waals surface area contributed by atoms with E-state index in [9.17, 15) is 0 Å². The maximum absolute atomic E-state index is 3.55. The van der Waals surface area contributed by atoms with Crippen molar-refractivity contribution in [3.63, 3.8) is 0 Å². The summed E-state index contributed by atoms with van der Waals surface area (Å²) in [4.78, 5) is 3.33. The molecule has 1 aliphatic rings. The summed E-state index contributed by atoms with van der Waals surface area (Å²) < 4.78 is 0. The van der Waals surface area contributed by atoms with Crippen molar-refractivity contribution in [2.45, 2.75) is 19.4 Å². The van der Waals surface area contributed by atoms with Gasteiger partial charge in [0.2, 0.25) is 0 Å². The molecule has 2 heteroatoms. The lowest BCUT2D eigenvalue weighted by molar-refractivity contribution is 0.588. The molecule has 1 aromatic carbocycles. The van der Waals surface area contributed by atoms with E-state index in [1.54, 1.807) is 0 Å². The van der Waals surface area contributed by atoms with Gasteiger partial charge in [-0.2, -0.15) is 0 Å². The second kappa shape index (κ2) is 2.66. The van der Waals surface area contributed by atoms with Crippen LogP contribution in [0, 0.1) is 0 Å². The van der Waals surface area contributed by atoms with Gasteiger partial charge in [-0.3, -0.25) is 0 Å². The molecule has 0 bridgehead atoms. The van der Waals surface area contributed by atoms with Crippen molar-refractivity contribution >= 4 is 5.69 Å². The van der Waals surface area contributed by atoms with E-state index in [4.69, 9.17) is 0 Å². The first-order chi connectivity index (χ1) is 7.18. The fourth-order valence-corrected chi connectivity index (χ4v) is 2.34. The van der Waals surface area contributed by atoms with Gasteiger partial charge in [0.25, 0.3) is 0 Å². The van der Waals surface area contributed by atoms with Crippen LogP contribution in [0.5, 0.6) is 0 Å². The highest BCUT2D eigenvalue weighted by Crippen LogP contribution is 2.42. The van der Waals surface area contributed by atoms with Gasteiger partial charge in [0.1, 0.15) is 0 Å². The van der Waals surface area contributed by atoms with Crippen molar-refractivity contribution in [1.29, 1.82) is 0 Å². The maximum Gasteiger partial charge on any atom is 0.0723 e. The van der Waals surface area contributed by atoms with Gasteiger partial charge in [-0.1, -0.05) is 18.2 Å². The van der Waals surface area contributed by atoms with Gasteiger partial charge in [0.05, 0.1) is 5.54 Å². The Morgan fingerprint density at radius 1 is 1.00 bits per heavy atom. The minimum Gasteiger partial charge on any atom is -0.374 e. The van der Waals surface area contributed by atoms with Crippen LogP contribution in [-0.2, 0) is 5.54 Å². The van der Waals surface area contributed by atoms with Crippen LogP contribution >= 0.6 is 0 Å². The van der Waals surface area contributed by atoms with E-state index in [1.807, 2.05) is 6.20 Å². The van der Waals surface area contributed by atoms with Crippen LogP contribution in [-0.4, -0.2) is 4.98 Å². The molecular weight excluding hydrogens is 184 g/mol. The molecule has 0 saturated carbocycles. The van der Waals surface area contributed by atoms with E-state index in [2.05, 4.69) is 54.5 Å². The van der Waals surface area contributed by atoms with Crippen LogP contribution in [0.2, 0.25) is 0 Å². The number of H-pyrrole nitrogens is 1. The highest BCUT2D eigenvalue weighted by Gasteiger charge is 2.30. The minimum absolute atomic E-state index is 0.0206. The summed E-state index contributed by atoms with van der Waals surface area (Å²) in [5.41, 5.74) is 5.06. The van der Waals surface area contributed by atoms with E-state index >= 15 is 0 Å². The second-order valence-electron chi connectivity index (χ2n) is 4.56. The van der Waals surface area contributed by atoms with E-state index in [1.165, 1.54) is 22.5 Å². The summed E-state index contributed by atoms with van der Waals surface area (Å²) in [6, 6.07) is 10.6. The molecule has 0 spiro atoms. The number of anilines is 1. The molecule has 3 rings (SSSR count). The van der Waals surface area contributed by atoms with Crippen molar-refractivity contribution in [3.05, 3.63) is 42.2 Å². The molecular formula is C13H14N2. The zero-order valence-corrected chi connectivity index (χ0v) is 8.96. The highest BCUT2D eigenvalue weighted by atomic mass is 15.0. The van der Waals surface area contributed by atoms with Crippen molar-refractivity contribution in [2.24, 2.45) is 0 Å². The number of aromatic nitrogens is 1. The van der Waals surface area contributed by atoms with Gasteiger partial charge in [0.15, 0.2) is 0 Å². The first-order valence-electron chi connectivity index (χ1n) is 5.24. The van der Waals surface area contributed by atoms with Crippen LogP contribution in [0.3, 0.4) is 0 Å². The zero-order valence-electron chi connectivity index (χ0n) is 8.96. The Labute approximate surface area is 89.3 Å². The molecule has 1 aliphatic heterocycles. The molecule has 0 unspecified atom stereocenters. The molecule has 1 aromatic heterocycles. The van der Waals surface area contributed by atoms with E-state index in [0.717, 1.165) is 0 Å². The molecule has 15 heavy (non-hydrogen) atoms. The van der Waals surface area contributed by atoms with Crippen LogP contribution < -0.4 is 5.32 Å². The molecule has 2 nitrogen and oxygen atoms in total. The largest absolute Gasteiger partial charge is 0.374 e. The number of rotatable bonds is 0. The molecule has 0 saturated heterocycles. The summed E-state index contributed by atoms with van der Waals surface area (Å²) in [5.74, 6) is 0. The highest BCUT2D eigenvalue weighted by molar-refractivity contribution is 5.83. The Morgan fingerprint density at radius 2 is 1.80 bits per heavy atom. The quantitative estimate of drug-likeness (QED) is 0.667. The van der Waals surface area contributed by atoms with Gasteiger partial charge >= 0.3 is 0 Å². The Kier molecular flexibility index (Phi) is 1.52. The molecule has 2 aromatic rings. The topological polar surface area (TPSA) is 27.8 Å². The lowest BCUT2D eigenvalue weighted by Crippen LogP contribution is -2.31. The van der Waals surface area contributed by atoms with E-state index < -0.39 is 0 Å². The fraction of sp³-hybridized carbons (Fsp3) is 0.231. The standard InChI is InChI=1S/C13H14N2/c1-13(2)12-10(7-8-14-12)9-5-3-4-6-11(9)15-13/h3-8,14-15H,1-2H3. The van der Waals surface area contributed by atoms with Gasteiger partial charge in [0, 0.05) is 28.7 Å². The normalized spacial score (nSPS) is 16.4. The third kappa shape index (κ3) is 1.11. The third-order valence-corrected chi connectivity index (χ3v) is 3.04. The average Bonchev–Trinajstić information content (AvgIpc) is 2.66. The van der Waals surface area contributed by atoms with Crippen LogP contribution in [0.15, 0.2) is 36.5 Å². The van der Waals surface area contributed by atoms with Crippen molar-refractivity contribution in [2.75, 3.05) is 5.32 Å². The Morgan fingerprint density at radius 3 is 2.67 bits per heavy atom. The molecule has 0 fully saturated rings. The first kappa shape index (κ1) is 8.60. The van der Waals surface area contributed by atoms with Crippen molar-refractivity contribution in [1.82, 2.24) is 4.98 Å². The van der Waals surface area contributed by atoms with Gasteiger partial charge < -0.3 is 10.3 Å². The monoisotopic (exact) mass is 198 g/mol. The van der Waals surface area contributed by atoms with Crippen LogP contribution in [0.4, 0.5) is 5.69 Å². The third-order valence-electron chi connectivity index (χ3n) is 3.04. The van der Waals surface area contributed by atoms with E-state index in [-0.39, 0.29) is 5.54 Å². The predicted molar refractivity (Wildman–Crippen MR) is 62.9 cm³/mol. The molecule has 0 aliphatic carbocycles. The summed E-state index contributed by atoms with van der Waals surface area (Å²) in [6.07, 6.45) is 2.01. The number of hydrogen-bond acceptors (Lipinski definition) is 1. The Bertz CT molecular complexity index is 509. The van der Waals surface area contributed by atoms with Crippen molar-refractivity contribution < 1.29 is 0 Å². The molecule has 76 valence electrons. The number of para-hydroxylation sites is 1. The number of fused-ring (bicyclic) bond motifs is 3. The van der Waals surface area contributed by atoms with Gasteiger partial charge in [-0.25, -0.2) is 0 Å². The molecule has 0 radical (unpaired) electrons. The maximum atomic E-state index is 3.55. The van der Waals surface area contributed by atoms with E-state index in [0.29, 0.717) is 0 Å². The summed E-state index contributed by atoms with van der Waals surface area (Å²) >= 11 is 0. The first-order valence-corrected chi connectivity index (χ1v) is 5.24. The number of benzene rings is 1. The predicted octanol–water partition coefficient (Wildman–Crippen LogP) is 3.34. The van der Waals surface area contributed by atoms with Crippen molar-refractivity contribution in [3.8, 4) is 11.1 Å². The summed E-state index contributed by atoms with van der Waals surface area (Å²) in [6.45, 7) is 4.39. The van der Waals surface area contributed by atoms with Gasteiger partial charge in [-0.05, 0) is 26.0 Å². The Hall–Kier alpha value is -1.70. The summed E-state index contributed by atoms with van der Waals surface area (Å²) in [7, 11) is 0.